The van der Waals surface area contributed by atoms with Crippen LogP contribution < -0.4 is 0 Å². The Bertz CT molecular complexity index is 572. The summed E-state index contributed by atoms with van der Waals surface area (Å²) in [6, 6.07) is 9.27. The lowest BCUT2D eigenvalue weighted by molar-refractivity contribution is 0.210. The summed E-state index contributed by atoms with van der Waals surface area (Å²) in [6.07, 6.45) is 5.10. The average molecular weight is 313 g/mol. The molecule has 2 rings (SSSR count). The van der Waals surface area contributed by atoms with Crippen molar-refractivity contribution in [2.75, 3.05) is 27.2 Å². The van der Waals surface area contributed by atoms with Gasteiger partial charge in [0.05, 0.1) is 6.04 Å². The Morgan fingerprint density at radius 2 is 1.96 bits per heavy atom. The first-order chi connectivity index (χ1) is 11.1. The summed E-state index contributed by atoms with van der Waals surface area (Å²) in [5.74, 6) is 1.19. The lowest BCUT2D eigenvalue weighted by Crippen LogP contribution is -2.34. The minimum atomic E-state index is 0.360. The van der Waals surface area contributed by atoms with Crippen LogP contribution in [0.15, 0.2) is 40.7 Å². The van der Waals surface area contributed by atoms with Crippen LogP contribution in [0, 0.1) is 0 Å². The molecule has 23 heavy (non-hydrogen) atoms. The number of fused-ring (bicyclic) bond motifs is 1. The van der Waals surface area contributed by atoms with E-state index < -0.39 is 0 Å². The van der Waals surface area contributed by atoms with Gasteiger partial charge < -0.3 is 9.80 Å². The van der Waals surface area contributed by atoms with Gasteiger partial charge in [-0.1, -0.05) is 38.1 Å². The predicted octanol–water partition coefficient (Wildman–Crippen LogP) is 4.27. The Hall–Kier alpha value is -1.61. The van der Waals surface area contributed by atoms with Crippen LogP contribution in [0.25, 0.3) is 0 Å². The quantitative estimate of drug-likeness (QED) is 0.730. The first-order valence-corrected chi connectivity index (χ1v) is 8.85. The van der Waals surface area contributed by atoms with Crippen molar-refractivity contribution in [2.45, 2.75) is 46.1 Å². The minimum Gasteiger partial charge on any atom is -0.349 e. The molecule has 1 unspecified atom stereocenters. The summed E-state index contributed by atoms with van der Waals surface area (Å²) in [6.45, 7) is 8.62. The summed E-state index contributed by atoms with van der Waals surface area (Å²) in [4.78, 5) is 9.65. The van der Waals surface area contributed by atoms with Crippen LogP contribution in [-0.2, 0) is 6.42 Å². The molecule has 1 aliphatic rings. The fourth-order valence-corrected chi connectivity index (χ4v) is 3.39. The second-order valence-electron chi connectivity index (χ2n) is 6.44. The second-order valence-corrected chi connectivity index (χ2v) is 6.44. The van der Waals surface area contributed by atoms with E-state index in [1.54, 1.807) is 0 Å². The summed E-state index contributed by atoms with van der Waals surface area (Å²) in [7, 11) is 4.31. The van der Waals surface area contributed by atoms with Gasteiger partial charge in [0, 0.05) is 19.3 Å². The van der Waals surface area contributed by atoms with Gasteiger partial charge in [-0.3, -0.25) is 0 Å². The highest BCUT2D eigenvalue weighted by molar-refractivity contribution is 5.59. The van der Waals surface area contributed by atoms with E-state index >= 15 is 0 Å². The number of benzene rings is 1. The molecule has 126 valence electrons. The molecule has 1 aliphatic heterocycles. The van der Waals surface area contributed by atoms with E-state index in [0.717, 1.165) is 32.4 Å². The van der Waals surface area contributed by atoms with Gasteiger partial charge in [-0.25, -0.2) is 4.99 Å². The Kier molecular flexibility index (Phi) is 6.40. The normalized spacial score (nSPS) is 18.7. The Labute approximate surface area is 141 Å². The molecule has 1 aromatic carbocycles. The van der Waals surface area contributed by atoms with E-state index in [2.05, 4.69) is 75.1 Å². The van der Waals surface area contributed by atoms with Crippen LogP contribution in [0.2, 0.25) is 0 Å². The molecular weight excluding hydrogens is 282 g/mol. The fraction of sp³-hybridized carbons (Fsp3) is 0.550. The second kappa shape index (κ2) is 8.30. The maximum Gasteiger partial charge on any atom is 0.128 e. The number of nitrogens with zero attached hydrogens (tertiary/aromatic N) is 3. The summed E-state index contributed by atoms with van der Waals surface area (Å²) in [5, 5.41) is 0. The number of aliphatic imine (C=N–C) groups is 1. The van der Waals surface area contributed by atoms with Gasteiger partial charge in [-0.15, -0.1) is 0 Å². The third kappa shape index (κ3) is 4.03. The zero-order chi connectivity index (χ0) is 16.8. The van der Waals surface area contributed by atoms with Gasteiger partial charge in [0.25, 0.3) is 0 Å². The van der Waals surface area contributed by atoms with Gasteiger partial charge in [-0.05, 0) is 57.0 Å². The van der Waals surface area contributed by atoms with Crippen molar-refractivity contribution in [1.82, 2.24) is 9.80 Å². The number of hydrogen-bond acceptors (Lipinski definition) is 3. The van der Waals surface area contributed by atoms with Crippen molar-refractivity contribution >= 4 is 6.21 Å². The molecule has 0 aromatic heterocycles. The molecule has 0 saturated carbocycles. The molecule has 3 nitrogen and oxygen atoms in total. The first kappa shape index (κ1) is 17.7. The van der Waals surface area contributed by atoms with Crippen molar-refractivity contribution in [3.63, 3.8) is 0 Å². The van der Waals surface area contributed by atoms with Crippen molar-refractivity contribution < 1.29 is 0 Å². The number of hydrogen-bond donors (Lipinski definition) is 0. The highest BCUT2D eigenvalue weighted by Crippen LogP contribution is 2.35. The Morgan fingerprint density at radius 1 is 1.22 bits per heavy atom. The van der Waals surface area contributed by atoms with Crippen LogP contribution in [-0.4, -0.2) is 43.2 Å². The van der Waals surface area contributed by atoms with E-state index in [-0.39, 0.29) is 0 Å². The van der Waals surface area contributed by atoms with Crippen LogP contribution in [0.3, 0.4) is 0 Å². The maximum absolute atomic E-state index is 4.87. The molecule has 1 atom stereocenters. The predicted molar refractivity (Wildman–Crippen MR) is 99.9 cm³/mol. The standard InChI is InChI=1S/C20H31N3/c1-6-13-21-20-16(7-2)14-17-11-9-10-12-18(17)19(15-22(4)5)23(20)8-3/h9-13,19H,6-8,14-15H2,1-5H3/b21-13-. The smallest absolute Gasteiger partial charge is 0.128 e. The molecular formula is C20H31N3. The molecule has 3 heteroatoms. The fourth-order valence-electron chi connectivity index (χ4n) is 3.39. The first-order valence-electron chi connectivity index (χ1n) is 8.85. The van der Waals surface area contributed by atoms with Crippen molar-refractivity contribution in [2.24, 2.45) is 4.99 Å². The van der Waals surface area contributed by atoms with Gasteiger partial charge in [0.1, 0.15) is 5.82 Å². The number of likely N-dealkylation sites (N-methyl/N-ethyl adjacent to an activating group) is 2. The molecule has 0 bridgehead atoms. The van der Waals surface area contributed by atoms with Crippen molar-refractivity contribution in [3.8, 4) is 0 Å². The molecule has 1 heterocycles. The lowest BCUT2D eigenvalue weighted by atomic mass is 9.96. The lowest BCUT2D eigenvalue weighted by Gasteiger charge is -2.35. The van der Waals surface area contributed by atoms with E-state index in [1.807, 2.05) is 0 Å². The van der Waals surface area contributed by atoms with Gasteiger partial charge in [-0.2, -0.15) is 0 Å². The van der Waals surface area contributed by atoms with Crippen LogP contribution in [0.4, 0.5) is 0 Å². The van der Waals surface area contributed by atoms with E-state index in [1.165, 1.54) is 22.5 Å². The van der Waals surface area contributed by atoms with Gasteiger partial charge in [0.2, 0.25) is 0 Å². The zero-order valence-corrected chi connectivity index (χ0v) is 15.3. The monoisotopic (exact) mass is 313 g/mol. The van der Waals surface area contributed by atoms with Crippen LogP contribution >= 0.6 is 0 Å². The number of allylic oxidation sites excluding steroid dienone is 1. The topological polar surface area (TPSA) is 18.8 Å². The summed E-state index contributed by atoms with van der Waals surface area (Å²) < 4.78 is 0. The van der Waals surface area contributed by atoms with E-state index in [4.69, 9.17) is 4.99 Å². The third-order valence-electron chi connectivity index (χ3n) is 4.48. The average Bonchev–Trinajstić information content (AvgIpc) is 2.67. The highest BCUT2D eigenvalue weighted by atomic mass is 15.3. The van der Waals surface area contributed by atoms with Crippen molar-refractivity contribution in [1.29, 1.82) is 0 Å². The van der Waals surface area contributed by atoms with Crippen LogP contribution in [0.5, 0.6) is 0 Å². The minimum absolute atomic E-state index is 0.360. The van der Waals surface area contributed by atoms with Gasteiger partial charge >= 0.3 is 0 Å². The highest BCUT2D eigenvalue weighted by Gasteiger charge is 2.28. The molecule has 0 fully saturated rings. The zero-order valence-electron chi connectivity index (χ0n) is 15.3. The Balaban J connectivity index is 2.58. The van der Waals surface area contributed by atoms with Gasteiger partial charge in [0.15, 0.2) is 0 Å². The van der Waals surface area contributed by atoms with E-state index in [0.29, 0.717) is 6.04 Å². The SMILES string of the molecule is CC/C=N\C1=C(CC)Cc2ccccc2C(CN(C)C)N1CC. The number of rotatable bonds is 6. The molecule has 0 N–H and O–H groups in total. The molecule has 0 spiro atoms. The molecule has 0 radical (unpaired) electrons. The molecule has 0 amide bonds. The molecule has 1 aromatic rings. The van der Waals surface area contributed by atoms with Crippen molar-refractivity contribution in [3.05, 3.63) is 46.8 Å². The van der Waals surface area contributed by atoms with Crippen LogP contribution in [0.1, 0.15) is 50.8 Å². The summed E-state index contributed by atoms with van der Waals surface area (Å²) in [5.41, 5.74) is 4.36. The molecule has 0 saturated heterocycles. The van der Waals surface area contributed by atoms with E-state index in [9.17, 15) is 0 Å². The Morgan fingerprint density at radius 3 is 2.57 bits per heavy atom. The third-order valence-corrected chi connectivity index (χ3v) is 4.48. The summed E-state index contributed by atoms with van der Waals surface area (Å²) >= 11 is 0. The largest absolute Gasteiger partial charge is 0.349 e. The molecule has 0 aliphatic carbocycles. The maximum atomic E-state index is 4.87.